The minimum Gasteiger partial charge on any atom is -0.459 e. The molecule has 0 bridgehead atoms. The minimum absolute atomic E-state index is 0.186. The lowest BCUT2D eigenvalue weighted by Crippen LogP contribution is -2.43. The Morgan fingerprint density at radius 3 is 2.83 bits per heavy atom. The van der Waals surface area contributed by atoms with E-state index >= 15 is 0 Å². The monoisotopic (exact) mass is 252 g/mol. The molecule has 1 amide bonds. The van der Waals surface area contributed by atoms with Crippen LogP contribution < -0.4 is 10.6 Å². The average Bonchev–Trinajstić information content (AvgIpc) is 2.37. The van der Waals surface area contributed by atoms with E-state index in [4.69, 9.17) is 4.74 Å². The fraction of sp³-hybridized carbons (Fsp3) is 0.538. The number of likely N-dealkylation sites (N-methyl/N-ethyl adjacent to an activating group) is 1. The molecule has 0 aliphatic heterocycles. The largest absolute Gasteiger partial charge is 0.459 e. The molecular weight excluding hydrogens is 232 g/mol. The number of allylic oxidation sites excluding steroid dienone is 2. The van der Waals surface area contributed by atoms with Crippen molar-refractivity contribution in [2.45, 2.75) is 25.8 Å². The molecule has 0 aromatic rings. The van der Waals surface area contributed by atoms with E-state index < -0.39 is 12.0 Å². The van der Waals surface area contributed by atoms with Crippen LogP contribution in [-0.4, -0.2) is 38.1 Å². The molecular formula is C13H20N2O3. The van der Waals surface area contributed by atoms with Crippen LogP contribution in [0.25, 0.3) is 0 Å². The molecule has 1 aliphatic rings. The summed E-state index contributed by atoms with van der Waals surface area (Å²) in [5.41, 5.74) is 1.00. The molecule has 0 aromatic heterocycles. The van der Waals surface area contributed by atoms with Crippen LogP contribution in [0.3, 0.4) is 0 Å². The summed E-state index contributed by atoms with van der Waals surface area (Å²) in [6.07, 6.45) is 8.09. The highest BCUT2D eigenvalue weighted by molar-refractivity contribution is 5.85. The van der Waals surface area contributed by atoms with Crippen LogP contribution in [0.2, 0.25) is 0 Å². The number of rotatable bonds is 6. The number of carbonyl (C=O) groups excluding carboxylic acids is 2. The molecule has 1 unspecified atom stereocenters. The summed E-state index contributed by atoms with van der Waals surface area (Å²) >= 11 is 0. The molecule has 0 aromatic carbocycles. The predicted octanol–water partition coefficient (Wildman–Crippen LogP) is 0.530. The maximum atomic E-state index is 11.6. The summed E-state index contributed by atoms with van der Waals surface area (Å²) in [5, 5.41) is 5.27. The molecule has 0 radical (unpaired) electrons. The number of amides is 1. The van der Waals surface area contributed by atoms with Crippen LogP contribution in [0.1, 0.15) is 19.8 Å². The van der Waals surface area contributed by atoms with Crippen molar-refractivity contribution in [2.75, 3.05) is 20.2 Å². The summed E-state index contributed by atoms with van der Waals surface area (Å²) in [4.78, 5) is 22.9. The molecule has 0 heterocycles. The van der Waals surface area contributed by atoms with E-state index in [1.165, 1.54) is 0 Å². The van der Waals surface area contributed by atoms with E-state index in [1.807, 2.05) is 6.08 Å². The molecule has 100 valence electrons. The van der Waals surface area contributed by atoms with Crippen molar-refractivity contribution >= 4 is 11.9 Å². The Bertz CT molecular complexity index is 361. The summed E-state index contributed by atoms with van der Waals surface area (Å²) < 4.78 is 5.13. The van der Waals surface area contributed by atoms with Crippen LogP contribution in [0, 0.1) is 0 Å². The van der Waals surface area contributed by atoms with Crippen LogP contribution in [-0.2, 0) is 14.3 Å². The molecule has 0 saturated carbocycles. The van der Waals surface area contributed by atoms with Gasteiger partial charge in [-0.25, -0.2) is 4.79 Å². The van der Waals surface area contributed by atoms with Gasteiger partial charge in [0.1, 0.15) is 12.6 Å². The third-order valence-electron chi connectivity index (χ3n) is 2.52. The smallest absolute Gasteiger partial charge is 0.328 e. The third-order valence-corrected chi connectivity index (χ3v) is 2.52. The Labute approximate surface area is 107 Å². The quantitative estimate of drug-likeness (QED) is 0.677. The first-order valence-electron chi connectivity index (χ1n) is 6.09. The Hall–Kier alpha value is -1.62. The van der Waals surface area contributed by atoms with Gasteiger partial charge in [0.15, 0.2) is 0 Å². The van der Waals surface area contributed by atoms with Gasteiger partial charge in [-0.1, -0.05) is 18.2 Å². The zero-order valence-electron chi connectivity index (χ0n) is 10.9. The fourth-order valence-corrected chi connectivity index (χ4v) is 1.57. The van der Waals surface area contributed by atoms with Gasteiger partial charge in [0.2, 0.25) is 5.91 Å². The number of hydrogen-bond donors (Lipinski definition) is 2. The lowest BCUT2D eigenvalue weighted by molar-refractivity contribution is -0.146. The molecule has 1 aliphatic carbocycles. The van der Waals surface area contributed by atoms with Crippen LogP contribution >= 0.6 is 0 Å². The van der Waals surface area contributed by atoms with Crippen LogP contribution in [0.15, 0.2) is 23.8 Å². The standard InChI is InChI=1S/C13H20N2O3/c1-10(15-12(16)8-14-2)13(17)18-9-11-6-4-3-5-7-11/h4,6-7,10,14H,3,5,8-9H2,1-2H3,(H,15,16). The van der Waals surface area contributed by atoms with Gasteiger partial charge in [-0.05, 0) is 32.4 Å². The molecule has 18 heavy (non-hydrogen) atoms. The topological polar surface area (TPSA) is 67.4 Å². The van der Waals surface area contributed by atoms with E-state index in [-0.39, 0.29) is 19.1 Å². The molecule has 0 spiro atoms. The SMILES string of the molecule is CNCC(=O)NC(C)C(=O)OCC1=CCCC=C1. The van der Waals surface area contributed by atoms with Crippen molar-refractivity contribution in [1.29, 1.82) is 0 Å². The van der Waals surface area contributed by atoms with E-state index in [1.54, 1.807) is 14.0 Å². The average molecular weight is 252 g/mol. The summed E-state index contributed by atoms with van der Waals surface area (Å²) in [5.74, 6) is -0.641. The Morgan fingerprint density at radius 2 is 2.22 bits per heavy atom. The van der Waals surface area contributed by atoms with E-state index in [0.717, 1.165) is 18.4 Å². The normalized spacial score (nSPS) is 15.8. The number of ether oxygens (including phenoxy) is 1. The molecule has 5 heteroatoms. The number of hydrogen-bond acceptors (Lipinski definition) is 4. The Morgan fingerprint density at radius 1 is 1.44 bits per heavy atom. The zero-order valence-corrected chi connectivity index (χ0v) is 10.9. The van der Waals surface area contributed by atoms with Gasteiger partial charge in [-0.3, -0.25) is 4.79 Å². The Kier molecular flexibility index (Phi) is 6.14. The maximum absolute atomic E-state index is 11.6. The summed E-state index contributed by atoms with van der Waals surface area (Å²) in [6.45, 7) is 2.06. The number of nitrogens with one attached hydrogen (secondary N) is 2. The van der Waals surface area contributed by atoms with Crippen LogP contribution in [0.5, 0.6) is 0 Å². The van der Waals surface area contributed by atoms with Gasteiger partial charge < -0.3 is 15.4 Å². The minimum atomic E-state index is -0.626. The van der Waals surface area contributed by atoms with Crippen molar-refractivity contribution < 1.29 is 14.3 Å². The van der Waals surface area contributed by atoms with E-state index in [0.29, 0.717) is 0 Å². The summed E-state index contributed by atoms with van der Waals surface area (Å²) in [6, 6.07) is -0.626. The predicted molar refractivity (Wildman–Crippen MR) is 68.9 cm³/mol. The molecule has 0 fully saturated rings. The van der Waals surface area contributed by atoms with E-state index in [2.05, 4.69) is 22.8 Å². The molecule has 5 nitrogen and oxygen atoms in total. The van der Waals surface area contributed by atoms with Gasteiger partial charge in [-0.2, -0.15) is 0 Å². The van der Waals surface area contributed by atoms with Crippen LogP contribution in [0.4, 0.5) is 0 Å². The molecule has 1 rings (SSSR count). The Balaban J connectivity index is 2.29. The maximum Gasteiger partial charge on any atom is 0.328 e. The highest BCUT2D eigenvalue weighted by Gasteiger charge is 2.16. The van der Waals surface area contributed by atoms with Crippen molar-refractivity contribution in [3.8, 4) is 0 Å². The lowest BCUT2D eigenvalue weighted by Gasteiger charge is -2.14. The lowest BCUT2D eigenvalue weighted by atomic mass is 10.1. The van der Waals surface area contributed by atoms with E-state index in [9.17, 15) is 9.59 Å². The first-order chi connectivity index (χ1) is 8.63. The van der Waals surface area contributed by atoms with Crippen molar-refractivity contribution in [2.24, 2.45) is 0 Å². The van der Waals surface area contributed by atoms with Gasteiger partial charge in [-0.15, -0.1) is 0 Å². The van der Waals surface area contributed by atoms with Gasteiger partial charge >= 0.3 is 5.97 Å². The number of carbonyl (C=O) groups is 2. The molecule has 2 N–H and O–H groups in total. The summed E-state index contributed by atoms with van der Waals surface area (Å²) in [7, 11) is 1.67. The zero-order chi connectivity index (χ0) is 13.4. The fourth-order valence-electron chi connectivity index (χ4n) is 1.57. The first kappa shape index (κ1) is 14.4. The third kappa shape index (κ3) is 5.14. The molecule has 0 saturated heterocycles. The highest BCUT2D eigenvalue weighted by Crippen LogP contribution is 2.09. The molecule has 1 atom stereocenters. The van der Waals surface area contributed by atoms with Gasteiger partial charge in [0.05, 0.1) is 6.54 Å². The second-order valence-electron chi connectivity index (χ2n) is 4.19. The number of esters is 1. The second-order valence-corrected chi connectivity index (χ2v) is 4.19. The van der Waals surface area contributed by atoms with Gasteiger partial charge in [0.25, 0.3) is 0 Å². The second kappa shape index (κ2) is 7.66. The highest BCUT2D eigenvalue weighted by atomic mass is 16.5. The van der Waals surface area contributed by atoms with Crippen molar-refractivity contribution in [1.82, 2.24) is 10.6 Å². The van der Waals surface area contributed by atoms with Crippen molar-refractivity contribution in [3.05, 3.63) is 23.8 Å². The first-order valence-corrected chi connectivity index (χ1v) is 6.09. The van der Waals surface area contributed by atoms with Gasteiger partial charge in [0, 0.05) is 0 Å². The van der Waals surface area contributed by atoms with Crippen molar-refractivity contribution in [3.63, 3.8) is 0 Å².